The first-order valence-electron chi connectivity index (χ1n) is 9.16. The van der Waals surface area contributed by atoms with Gasteiger partial charge in [0, 0.05) is 17.9 Å². The van der Waals surface area contributed by atoms with Crippen molar-refractivity contribution in [3.63, 3.8) is 0 Å². The number of aromatic nitrogens is 2. The van der Waals surface area contributed by atoms with Crippen LogP contribution in [-0.4, -0.2) is 47.8 Å². The molecule has 3 rings (SSSR count). The fraction of sp³-hybridized carbons (Fsp3) is 0.250. The molecule has 31 heavy (non-hydrogen) atoms. The van der Waals surface area contributed by atoms with E-state index in [0.29, 0.717) is 22.3 Å². The molecule has 11 heteroatoms. The van der Waals surface area contributed by atoms with E-state index in [-0.39, 0.29) is 23.0 Å². The first-order chi connectivity index (χ1) is 14.6. The molecule has 0 saturated heterocycles. The van der Waals surface area contributed by atoms with Crippen LogP contribution < -0.4 is 14.8 Å². The van der Waals surface area contributed by atoms with Crippen LogP contribution in [0.5, 0.6) is 17.2 Å². The molecule has 0 fully saturated rings. The second-order valence-electron chi connectivity index (χ2n) is 6.74. The Morgan fingerprint density at radius 3 is 2.42 bits per heavy atom. The van der Waals surface area contributed by atoms with Gasteiger partial charge in [0.15, 0.2) is 9.84 Å². The first kappa shape index (κ1) is 22.7. The summed E-state index contributed by atoms with van der Waals surface area (Å²) in [5.41, 5.74) is 0.234. The second kappa shape index (κ2) is 9.41. The maximum atomic E-state index is 12.7. The number of carbonyl (C=O) groups excluding carboxylic acids is 1. The highest BCUT2D eigenvalue weighted by atomic mass is 32.2. The third-order valence-corrected chi connectivity index (χ3v) is 5.73. The Morgan fingerprint density at radius 2 is 1.84 bits per heavy atom. The molecular formula is C20H21N3O6S2. The van der Waals surface area contributed by atoms with Crippen LogP contribution in [0.3, 0.4) is 0 Å². The van der Waals surface area contributed by atoms with Crippen LogP contribution >= 0.6 is 11.5 Å². The van der Waals surface area contributed by atoms with Gasteiger partial charge in [-0.15, -0.1) is 0 Å². The zero-order valence-corrected chi connectivity index (χ0v) is 18.7. The molecular weight excluding hydrogens is 442 g/mol. The molecule has 1 aromatic heterocycles. The molecule has 0 aliphatic carbocycles. The predicted octanol–water partition coefficient (Wildman–Crippen LogP) is 3.05. The summed E-state index contributed by atoms with van der Waals surface area (Å²) >= 11 is 1.17. The summed E-state index contributed by atoms with van der Waals surface area (Å²) in [7, 11) is -3.32. The van der Waals surface area contributed by atoms with Crippen molar-refractivity contribution in [2.75, 3.05) is 18.2 Å². The van der Waals surface area contributed by atoms with Crippen LogP contribution in [0.25, 0.3) is 0 Å². The number of aliphatic hydroxyl groups is 1. The second-order valence-corrected chi connectivity index (χ2v) is 9.71. The quantitative estimate of drug-likeness (QED) is 0.522. The van der Waals surface area contributed by atoms with E-state index < -0.39 is 21.8 Å². The van der Waals surface area contributed by atoms with Gasteiger partial charge in [-0.1, -0.05) is 0 Å². The molecule has 2 aromatic carbocycles. The Labute approximate surface area is 183 Å². The summed E-state index contributed by atoms with van der Waals surface area (Å²) in [5.74, 6) is 0.725. The highest BCUT2D eigenvalue weighted by Crippen LogP contribution is 2.29. The number of aryl methyl sites for hydroxylation is 1. The van der Waals surface area contributed by atoms with Crippen molar-refractivity contribution in [1.29, 1.82) is 0 Å². The summed E-state index contributed by atoms with van der Waals surface area (Å²) in [5, 5.41) is 12.6. The van der Waals surface area contributed by atoms with Gasteiger partial charge in [0.05, 0.1) is 11.5 Å². The van der Waals surface area contributed by atoms with Gasteiger partial charge >= 0.3 is 0 Å². The van der Waals surface area contributed by atoms with Crippen molar-refractivity contribution in [2.24, 2.45) is 0 Å². The highest BCUT2D eigenvalue weighted by Gasteiger charge is 2.15. The van der Waals surface area contributed by atoms with Crippen LogP contribution in [-0.2, 0) is 9.84 Å². The number of amides is 1. The number of nitrogens with one attached hydrogen (secondary N) is 1. The molecule has 0 spiro atoms. The Kier molecular flexibility index (Phi) is 6.88. The fourth-order valence-corrected chi connectivity index (χ4v) is 3.58. The van der Waals surface area contributed by atoms with Crippen LogP contribution in [0.4, 0.5) is 5.95 Å². The molecule has 1 unspecified atom stereocenters. The number of hydrogen-bond donors (Lipinski definition) is 2. The van der Waals surface area contributed by atoms with Crippen LogP contribution in [0.2, 0.25) is 0 Å². The lowest BCUT2D eigenvalue weighted by atomic mass is 10.2. The van der Waals surface area contributed by atoms with Gasteiger partial charge in [-0.05, 0) is 61.8 Å². The molecule has 0 saturated carbocycles. The Morgan fingerprint density at radius 1 is 1.16 bits per heavy atom. The molecule has 0 aliphatic heterocycles. The van der Waals surface area contributed by atoms with Crippen LogP contribution in [0.1, 0.15) is 22.3 Å². The minimum absolute atomic E-state index is 0.167. The number of anilines is 1. The smallest absolute Gasteiger partial charge is 0.258 e. The summed E-state index contributed by atoms with van der Waals surface area (Å²) in [6, 6.07) is 10.5. The Bertz CT molecular complexity index is 1180. The molecule has 2 N–H and O–H groups in total. The summed E-state index contributed by atoms with van der Waals surface area (Å²) in [4.78, 5) is 17.0. The average Bonchev–Trinajstić information content (AvgIpc) is 3.12. The van der Waals surface area contributed by atoms with Gasteiger partial charge in [-0.2, -0.15) is 4.37 Å². The molecule has 1 amide bonds. The SMILES string of the molecule is Cc1nc(NC(=O)c2cc(Oc3ccc(S(C)(=O)=O)cc3)cc(OC(C)CO)c2)ns1. The highest BCUT2D eigenvalue weighted by molar-refractivity contribution is 7.90. The standard InChI is InChI=1S/C20H21N3O6S2/c1-12(11-24)28-16-8-14(19(25)22-20-21-13(2)30-23-20)9-17(10-16)29-15-4-6-18(7-5-15)31(3,26)27/h4-10,12,24H,11H2,1-3H3,(H,22,23,25). The van der Waals surface area contributed by atoms with Crippen LogP contribution in [0.15, 0.2) is 47.4 Å². The number of sulfone groups is 1. The van der Waals surface area contributed by atoms with Gasteiger partial charge in [-0.25, -0.2) is 13.4 Å². The topological polar surface area (TPSA) is 128 Å². The Balaban J connectivity index is 1.88. The molecule has 1 heterocycles. The maximum Gasteiger partial charge on any atom is 0.258 e. The van der Waals surface area contributed by atoms with E-state index in [1.165, 1.54) is 47.9 Å². The molecule has 9 nitrogen and oxygen atoms in total. The van der Waals surface area contributed by atoms with E-state index in [2.05, 4.69) is 14.7 Å². The van der Waals surface area contributed by atoms with Crippen molar-refractivity contribution in [3.8, 4) is 17.2 Å². The normalized spacial score (nSPS) is 12.3. The Hall–Kier alpha value is -3.02. The average molecular weight is 464 g/mol. The monoisotopic (exact) mass is 463 g/mol. The number of nitrogens with zero attached hydrogens (tertiary/aromatic N) is 2. The van der Waals surface area contributed by atoms with Crippen molar-refractivity contribution < 1.29 is 27.8 Å². The number of benzene rings is 2. The minimum atomic E-state index is -3.32. The van der Waals surface area contributed by atoms with Gasteiger partial charge in [0.2, 0.25) is 5.95 Å². The van der Waals surface area contributed by atoms with Gasteiger partial charge in [-0.3, -0.25) is 10.1 Å². The van der Waals surface area contributed by atoms with Crippen molar-refractivity contribution >= 4 is 33.2 Å². The maximum absolute atomic E-state index is 12.7. The minimum Gasteiger partial charge on any atom is -0.488 e. The lowest BCUT2D eigenvalue weighted by Crippen LogP contribution is -2.17. The molecule has 0 radical (unpaired) electrons. The van der Waals surface area contributed by atoms with Gasteiger partial charge in [0.25, 0.3) is 5.91 Å². The van der Waals surface area contributed by atoms with E-state index in [1.807, 2.05) is 0 Å². The number of carbonyl (C=O) groups is 1. The zero-order chi connectivity index (χ0) is 22.6. The van der Waals surface area contributed by atoms with E-state index in [1.54, 1.807) is 19.9 Å². The fourth-order valence-electron chi connectivity index (χ4n) is 2.51. The number of hydrogen-bond acceptors (Lipinski definition) is 9. The lowest BCUT2D eigenvalue weighted by molar-refractivity contribution is 0.102. The van der Waals surface area contributed by atoms with E-state index in [4.69, 9.17) is 9.47 Å². The first-order valence-corrected chi connectivity index (χ1v) is 11.8. The predicted molar refractivity (Wildman–Crippen MR) is 116 cm³/mol. The summed E-state index contributed by atoms with van der Waals surface area (Å²) < 4.78 is 38.7. The van der Waals surface area contributed by atoms with E-state index in [0.717, 1.165) is 6.26 Å². The summed E-state index contributed by atoms with van der Waals surface area (Å²) in [6.45, 7) is 3.25. The summed E-state index contributed by atoms with van der Waals surface area (Å²) in [6.07, 6.45) is 0.623. The number of aliphatic hydroxyl groups excluding tert-OH is 1. The van der Waals surface area contributed by atoms with E-state index in [9.17, 15) is 18.3 Å². The largest absolute Gasteiger partial charge is 0.488 e. The van der Waals surface area contributed by atoms with Crippen LogP contribution in [0, 0.1) is 6.92 Å². The van der Waals surface area contributed by atoms with Crippen molar-refractivity contribution in [3.05, 3.63) is 53.0 Å². The molecule has 3 aromatic rings. The molecule has 1 atom stereocenters. The third-order valence-electron chi connectivity index (χ3n) is 3.98. The van der Waals surface area contributed by atoms with E-state index >= 15 is 0 Å². The van der Waals surface area contributed by atoms with Gasteiger partial charge < -0.3 is 14.6 Å². The zero-order valence-electron chi connectivity index (χ0n) is 17.0. The molecule has 0 aliphatic rings. The molecule has 164 valence electrons. The van der Waals surface area contributed by atoms with Crippen molar-refractivity contribution in [2.45, 2.75) is 24.8 Å². The van der Waals surface area contributed by atoms with Gasteiger partial charge in [0.1, 0.15) is 28.4 Å². The van der Waals surface area contributed by atoms with Crippen molar-refractivity contribution in [1.82, 2.24) is 9.36 Å². The number of rotatable bonds is 8. The lowest BCUT2D eigenvalue weighted by Gasteiger charge is -2.15. The number of ether oxygens (including phenoxy) is 2. The third kappa shape index (κ3) is 6.23. The molecule has 0 bridgehead atoms.